The van der Waals surface area contributed by atoms with E-state index < -0.39 is 41.7 Å². The van der Waals surface area contributed by atoms with Crippen LogP contribution in [0, 0.1) is 17.3 Å². The first-order valence-electron chi connectivity index (χ1n) is 16.8. The number of rotatable bonds is 26. The van der Waals surface area contributed by atoms with Gasteiger partial charge in [-0.1, -0.05) is 6.92 Å². The van der Waals surface area contributed by atoms with E-state index in [9.17, 15) is 24.0 Å². The number of carbonyl (C=O) groups excluding carboxylic acids is 5. The highest BCUT2D eigenvalue weighted by Gasteiger charge is 2.39. The molecule has 3 unspecified atom stereocenters. The molecule has 0 spiro atoms. The van der Waals surface area contributed by atoms with E-state index in [-0.39, 0.29) is 73.7 Å². The summed E-state index contributed by atoms with van der Waals surface area (Å²) in [5.74, 6) is -0.603. The van der Waals surface area contributed by atoms with Crippen molar-refractivity contribution in [1.82, 2.24) is 0 Å². The molecule has 0 saturated heterocycles. The van der Waals surface area contributed by atoms with Gasteiger partial charge >= 0.3 is 30.0 Å². The predicted octanol–water partition coefficient (Wildman–Crippen LogP) is 5.74. The molecular formula is C33H56O12S4. The van der Waals surface area contributed by atoms with Gasteiger partial charge in [-0.3, -0.25) is 19.2 Å². The van der Waals surface area contributed by atoms with Crippen molar-refractivity contribution in [3.8, 4) is 0 Å². The van der Waals surface area contributed by atoms with Gasteiger partial charge in [-0.15, -0.1) is 12.6 Å². The van der Waals surface area contributed by atoms with Crippen molar-refractivity contribution in [2.75, 3.05) is 62.8 Å². The van der Waals surface area contributed by atoms with Crippen molar-refractivity contribution in [1.29, 1.82) is 0 Å². The molecule has 16 heteroatoms. The maximum absolute atomic E-state index is 12.9. The van der Waals surface area contributed by atoms with Gasteiger partial charge in [-0.05, 0) is 64.7 Å². The van der Waals surface area contributed by atoms with Crippen molar-refractivity contribution in [3.63, 3.8) is 0 Å². The van der Waals surface area contributed by atoms with Crippen LogP contribution in [0.15, 0.2) is 0 Å². The summed E-state index contributed by atoms with van der Waals surface area (Å²) in [7, 11) is 0. The molecule has 12 nitrogen and oxygen atoms in total. The first-order valence-corrected chi connectivity index (χ1v) is 19.7. The first kappa shape index (κ1) is 45.5. The van der Waals surface area contributed by atoms with Crippen LogP contribution in [-0.4, -0.2) is 104 Å². The Labute approximate surface area is 312 Å². The fourth-order valence-corrected chi connectivity index (χ4v) is 7.24. The summed E-state index contributed by atoms with van der Waals surface area (Å²) in [5.41, 5.74) is -1.96. The van der Waals surface area contributed by atoms with Crippen LogP contribution in [0.1, 0.15) is 85.5 Å². The van der Waals surface area contributed by atoms with E-state index in [4.69, 9.17) is 33.2 Å². The summed E-state index contributed by atoms with van der Waals surface area (Å²) in [6.07, 6.45) is 3.81. The number of hydrogen-bond acceptors (Lipinski definition) is 16. The lowest BCUT2D eigenvalue weighted by atomic mass is 9.92. The molecule has 0 aliphatic heterocycles. The van der Waals surface area contributed by atoms with Gasteiger partial charge in [0.25, 0.3) is 0 Å². The SMILES string of the molecule is CCOCCCCC(C)(C)OC(=O)CC1CC(C)CC1SCCC(=O)OCC(COC(=O)CCS)(COC(=O)CCS)COC(=O)OCS. The molecule has 0 aromatic carbocycles. The second kappa shape index (κ2) is 25.5. The Morgan fingerprint density at radius 1 is 0.755 bits per heavy atom. The van der Waals surface area contributed by atoms with Crippen LogP contribution < -0.4 is 0 Å². The van der Waals surface area contributed by atoms with Crippen LogP contribution in [0.5, 0.6) is 0 Å². The van der Waals surface area contributed by atoms with Crippen molar-refractivity contribution < 1.29 is 57.1 Å². The number of esters is 4. The van der Waals surface area contributed by atoms with E-state index in [1.54, 1.807) is 11.8 Å². The molecule has 0 N–H and O–H groups in total. The smallest absolute Gasteiger partial charge is 0.465 e. The average molecular weight is 773 g/mol. The molecule has 0 amide bonds. The molecule has 1 rings (SSSR count). The van der Waals surface area contributed by atoms with Gasteiger partial charge in [0.2, 0.25) is 0 Å². The van der Waals surface area contributed by atoms with Crippen LogP contribution in [0.4, 0.5) is 4.79 Å². The number of ether oxygens (including phenoxy) is 7. The maximum atomic E-state index is 12.9. The number of unbranched alkanes of at least 4 members (excludes halogenated alkanes) is 1. The summed E-state index contributed by atoms with van der Waals surface area (Å²) < 4.78 is 37.4. The van der Waals surface area contributed by atoms with Crippen molar-refractivity contribution in [3.05, 3.63) is 0 Å². The Bertz CT molecular complexity index is 957. The average Bonchev–Trinajstić information content (AvgIpc) is 3.38. The fraction of sp³-hybridized carbons (Fsp3) is 0.848. The van der Waals surface area contributed by atoms with Gasteiger partial charge in [0.15, 0.2) is 0 Å². The summed E-state index contributed by atoms with van der Waals surface area (Å²) >= 11 is 13.5. The summed E-state index contributed by atoms with van der Waals surface area (Å²) in [6.45, 7) is 7.85. The summed E-state index contributed by atoms with van der Waals surface area (Å²) in [4.78, 5) is 62.1. The normalized spacial score (nSPS) is 17.7. The molecule has 49 heavy (non-hydrogen) atoms. The Morgan fingerprint density at radius 3 is 1.88 bits per heavy atom. The third kappa shape index (κ3) is 20.8. The monoisotopic (exact) mass is 772 g/mol. The zero-order valence-corrected chi connectivity index (χ0v) is 32.8. The molecule has 0 radical (unpaired) electrons. The van der Waals surface area contributed by atoms with E-state index in [2.05, 4.69) is 44.8 Å². The van der Waals surface area contributed by atoms with Gasteiger partial charge in [0.05, 0.1) is 19.3 Å². The summed E-state index contributed by atoms with van der Waals surface area (Å²) in [5, 5.41) is 0.187. The van der Waals surface area contributed by atoms with E-state index in [1.807, 2.05) is 20.8 Å². The van der Waals surface area contributed by atoms with Gasteiger partial charge in [-0.25, -0.2) is 4.79 Å². The van der Waals surface area contributed by atoms with Gasteiger partial charge in [0.1, 0.15) is 43.4 Å². The van der Waals surface area contributed by atoms with Crippen LogP contribution in [-0.2, 0) is 52.3 Å². The predicted molar refractivity (Wildman–Crippen MR) is 196 cm³/mol. The van der Waals surface area contributed by atoms with Crippen molar-refractivity contribution in [2.45, 2.75) is 96.3 Å². The van der Waals surface area contributed by atoms with Crippen molar-refractivity contribution >= 4 is 79.7 Å². The molecule has 1 fully saturated rings. The molecule has 0 bridgehead atoms. The lowest BCUT2D eigenvalue weighted by Gasteiger charge is -2.31. The minimum atomic E-state index is -1.40. The topological polar surface area (TPSA) is 150 Å². The lowest BCUT2D eigenvalue weighted by Crippen LogP contribution is -2.44. The Morgan fingerprint density at radius 2 is 1.33 bits per heavy atom. The first-order chi connectivity index (χ1) is 23.3. The highest BCUT2D eigenvalue weighted by atomic mass is 32.2. The van der Waals surface area contributed by atoms with E-state index in [0.29, 0.717) is 31.3 Å². The highest BCUT2D eigenvalue weighted by molar-refractivity contribution is 7.99. The summed E-state index contributed by atoms with van der Waals surface area (Å²) in [6, 6.07) is 0. The number of thioether (sulfide) groups is 1. The van der Waals surface area contributed by atoms with Gasteiger partial charge in [0, 0.05) is 42.1 Å². The largest absolute Gasteiger partial charge is 0.509 e. The second-order valence-corrected chi connectivity index (χ2v) is 15.3. The number of thiol groups is 3. The van der Waals surface area contributed by atoms with E-state index in [0.717, 1.165) is 32.1 Å². The minimum Gasteiger partial charge on any atom is -0.465 e. The fourth-order valence-electron chi connectivity index (χ4n) is 5.24. The van der Waals surface area contributed by atoms with Crippen LogP contribution in [0.25, 0.3) is 0 Å². The minimum absolute atomic E-state index is 0.0173. The molecule has 284 valence electrons. The van der Waals surface area contributed by atoms with E-state index >= 15 is 0 Å². The third-order valence-electron chi connectivity index (χ3n) is 7.77. The van der Waals surface area contributed by atoms with Gasteiger partial charge in [-0.2, -0.15) is 37.0 Å². The molecule has 3 atom stereocenters. The molecule has 0 heterocycles. The maximum Gasteiger partial charge on any atom is 0.509 e. The zero-order valence-electron chi connectivity index (χ0n) is 29.3. The van der Waals surface area contributed by atoms with E-state index in [1.165, 1.54) is 0 Å². The quantitative estimate of drug-likeness (QED) is 0.0323. The van der Waals surface area contributed by atoms with Crippen LogP contribution >= 0.6 is 49.6 Å². The third-order valence-corrected chi connectivity index (χ3v) is 9.79. The Hall–Kier alpha value is -1.49. The molecule has 0 aromatic rings. The van der Waals surface area contributed by atoms with Gasteiger partial charge < -0.3 is 33.2 Å². The van der Waals surface area contributed by atoms with Crippen molar-refractivity contribution in [2.24, 2.45) is 17.3 Å². The molecule has 1 aliphatic rings. The van der Waals surface area contributed by atoms with Crippen LogP contribution in [0.3, 0.4) is 0 Å². The standard InChI is InChI=1S/C33H56O12S4/c1-5-39-12-7-6-11-32(3,4)45-30(37)18-25-16-24(2)17-26(25)49-15-10-29(36)42-21-33(19-40-27(34)8-13-46,20-41-28(35)9-14-47)22-43-31(38)44-23-48/h24-26,46-48H,5-23H2,1-4H3. The Balaban J connectivity index is 2.78. The highest BCUT2D eigenvalue weighted by Crippen LogP contribution is 2.41. The number of carbonyl (C=O) groups is 5. The second-order valence-electron chi connectivity index (χ2n) is 12.8. The Kier molecular flexibility index (Phi) is 23.7. The lowest BCUT2D eigenvalue weighted by molar-refractivity contribution is -0.165. The van der Waals surface area contributed by atoms with Crippen LogP contribution in [0.2, 0.25) is 0 Å². The molecular weight excluding hydrogens is 717 g/mol. The number of hydrogen-bond donors (Lipinski definition) is 3. The molecule has 0 aromatic heterocycles. The zero-order chi connectivity index (χ0) is 36.7. The molecule has 1 aliphatic carbocycles. The molecule has 1 saturated carbocycles.